The van der Waals surface area contributed by atoms with E-state index in [1.54, 1.807) is 0 Å². The van der Waals surface area contributed by atoms with Gasteiger partial charge in [-0.2, -0.15) is 0 Å². The number of nitrogens with zero attached hydrogens (tertiary/aromatic N) is 1. The molecule has 0 amide bonds. The monoisotopic (exact) mass is 240 g/mol. The molecular weight excluding hydrogens is 222 g/mol. The van der Waals surface area contributed by atoms with E-state index in [0.29, 0.717) is 5.92 Å². The zero-order valence-electron chi connectivity index (χ0n) is 10.00. The molecule has 0 radical (unpaired) electrons. The Labute approximate surface area is 100 Å². The van der Waals surface area contributed by atoms with Crippen LogP contribution in [0.25, 0.3) is 0 Å². The minimum absolute atomic E-state index is 0.115. The zero-order valence-corrected chi connectivity index (χ0v) is 10.00. The van der Waals surface area contributed by atoms with Crippen molar-refractivity contribution in [1.82, 2.24) is 4.90 Å². The van der Waals surface area contributed by atoms with Crippen LogP contribution in [0.4, 0.5) is 8.78 Å². The molecule has 1 aliphatic heterocycles. The lowest BCUT2D eigenvalue weighted by molar-refractivity contribution is 0.233. The summed E-state index contributed by atoms with van der Waals surface area (Å²) in [6.07, 6.45) is 1.06. The van der Waals surface area contributed by atoms with Gasteiger partial charge in [-0.3, -0.25) is 4.90 Å². The van der Waals surface area contributed by atoms with Gasteiger partial charge in [0.1, 0.15) is 11.6 Å². The Morgan fingerprint density at radius 2 is 2.06 bits per heavy atom. The molecule has 94 valence electrons. The molecule has 2 rings (SSSR count). The summed E-state index contributed by atoms with van der Waals surface area (Å²) in [5, 5.41) is 0. The molecule has 1 aromatic carbocycles. The first kappa shape index (κ1) is 12.5. The van der Waals surface area contributed by atoms with Gasteiger partial charge in [-0.25, -0.2) is 8.78 Å². The van der Waals surface area contributed by atoms with Crippen molar-refractivity contribution in [2.24, 2.45) is 11.7 Å². The van der Waals surface area contributed by atoms with Crippen molar-refractivity contribution >= 4 is 0 Å². The number of halogens is 2. The van der Waals surface area contributed by atoms with Crippen LogP contribution in [0.2, 0.25) is 0 Å². The maximum absolute atomic E-state index is 13.7. The van der Waals surface area contributed by atoms with Gasteiger partial charge in [0.15, 0.2) is 0 Å². The van der Waals surface area contributed by atoms with E-state index in [-0.39, 0.29) is 18.2 Å². The predicted molar refractivity (Wildman–Crippen MR) is 63.5 cm³/mol. The molecule has 0 aromatic heterocycles. The minimum atomic E-state index is -0.500. The fourth-order valence-corrected chi connectivity index (χ4v) is 2.53. The highest BCUT2D eigenvalue weighted by atomic mass is 19.1. The molecule has 1 aliphatic rings. The fraction of sp³-hybridized carbons (Fsp3) is 0.538. The normalized spacial score (nSPS) is 22.9. The van der Waals surface area contributed by atoms with Crippen molar-refractivity contribution in [1.29, 1.82) is 0 Å². The highest BCUT2D eigenvalue weighted by Gasteiger charge is 2.29. The van der Waals surface area contributed by atoms with Crippen molar-refractivity contribution in [2.75, 3.05) is 19.6 Å². The van der Waals surface area contributed by atoms with Crippen molar-refractivity contribution in [3.05, 3.63) is 35.4 Å². The van der Waals surface area contributed by atoms with Gasteiger partial charge in [0.05, 0.1) is 6.04 Å². The highest BCUT2D eigenvalue weighted by molar-refractivity contribution is 5.24. The largest absolute Gasteiger partial charge is 0.329 e. The second-order valence-electron chi connectivity index (χ2n) is 4.78. The Bertz CT molecular complexity index is 375. The molecule has 0 aliphatic carbocycles. The third-order valence-corrected chi connectivity index (χ3v) is 3.45. The average Bonchev–Trinajstić information content (AvgIpc) is 2.70. The molecule has 17 heavy (non-hydrogen) atoms. The summed E-state index contributed by atoms with van der Waals surface area (Å²) in [5.74, 6) is -0.432. The number of hydrogen-bond donors (Lipinski definition) is 1. The molecule has 0 saturated carbocycles. The lowest BCUT2D eigenvalue weighted by atomic mass is 10.0. The maximum atomic E-state index is 13.7. The second-order valence-corrected chi connectivity index (χ2v) is 4.78. The van der Waals surface area contributed by atoms with Crippen LogP contribution >= 0.6 is 0 Å². The van der Waals surface area contributed by atoms with Crippen LogP contribution in [0.1, 0.15) is 24.9 Å². The number of nitrogens with two attached hydrogens (primary N) is 1. The third kappa shape index (κ3) is 2.48. The Morgan fingerprint density at radius 3 is 2.53 bits per heavy atom. The van der Waals surface area contributed by atoms with E-state index < -0.39 is 11.6 Å². The van der Waals surface area contributed by atoms with Crippen LogP contribution in [-0.4, -0.2) is 24.5 Å². The Morgan fingerprint density at radius 1 is 1.41 bits per heavy atom. The summed E-state index contributed by atoms with van der Waals surface area (Å²) < 4.78 is 27.4. The minimum Gasteiger partial charge on any atom is -0.329 e. The highest BCUT2D eigenvalue weighted by Crippen LogP contribution is 2.29. The van der Waals surface area contributed by atoms with Crippen LogP contribution in [0.15, 0.2) is 18.2 Å². The van der Waals surface area contributed by atoms with E-state index in [0.717, 1.165) is 19.5 Å². The predicted octanol–water partition coefficient (Wildman–Crippen LogP) is 2.31. The number of hydrogen-bond acceptors (Lipinski definition) is 2. The van der Waals surface area contributed by atoms with Gasteiger partial charge >= 0.3 is 0 Å². The van der Waals surface area contributed by atoms with Crippen molar-refractivity contribution in [2.45, 2.75) is 19.4 Å². The molecule has 2 nitrogen and oxygen atoms in total. The molecule has 4 heteroatoms. The molecule has 2 unspecified atom stereocenters. The van der Waals surface area contributed by atoms with Crippen molar-refractivity contribution < 1.29 is 8.78 Å². The molecule has 1 fully saturated rings. The van der Waals surface area contributed by atoms with Gasteiger partial charge in [0.2, 0.25) is 0 Å². The smallest absolute Gasteiger partial charge is 0.130 e. The van der Waals surface area contributed by atoms with Crippen LogP contribution < -0.4 is 5.73 Å². The van der Waals surface area contributed by atoms with Gasteiger partial charge in [0.25, 0.3) is 0 Å². The van der Waals surface area contributed by atoms with Crippen molar-refractivity contribution in [3.8, 4) is 0 Å². The zero-order chi connectivity index (χ0) is 12.4. The average molecular weight is 240 g/mol. The summed E-state index contributed by atoms with van der Waals surface area (Å²) in [4.78, 5) is 2.08. The van der Waals surface area contributed by atoms with E-state index in [1.807, 2.05) is 0 Å². The summed E-state index contributed by atoms with van der Waals surface area (Å²) in [5.41, 5.74) is 5.81. The Kier molecular flexibility index (Phi) is 3.74. The van der Waals surface area contributed by atoms with Crippen molar-refractivity contribution in [3.63, 3.8) is 0 Å². The third-order valence-electron chi connectivity index (χ3n) is 3.45. The standard InChI is InChI=1S/C13H18F2N2/c1-9-5-6-17(8-9)12(7-16)13-10(14)3-2-4-11(13)15/h2-4,9,12H,5-8,16H2,1H3. The summed E-state index contributed by atoms with van der Waals surface area (Å²) in [6, 6.07) is 3.62. The van der Waals surface area contributed by atoms with E-state index in [9.17, 15) is 8.78 Å². The first-order valence-electron chi connectivity index (χ1n) is 6.01. The molecule has 2 N–H and O–H groups in total. The maximum Gasteiger partial charge on any atom is 0.130 e. The van der Waals surface area contributed by atoms with E-state index in [1.165, 1.54) is 18.2 Å². The summed E-state index contributed by atoms with van der Waals surface area (Å²) in [6.45, 7) is 4.10. The van der Waals surface area contributed by atoms with E-state index in [4.69, 9.17) is 5.73 Å². The SMILES string of the molecule is CC1CCN(C(CN)c2c(F)cccc2F)C1. The summed E-state index contributed by atoms with van der Waals surface area (Å²) in [7, 11) is 0. The van der Waals surface area contributed by atoms with Crippen LogP contribution in [-0.2, 0) is 0 Å². The van der Waals surface area contributed by atoms with Crippen LogP contribution in [0.5, 0.6) is 0 Å². The van der Waals surface area contributed by atoms with E-state index >= 15 is 0 Å². The molecule has 1 aromatic rings. The first-order chi connectivity index (χ1) is 8.13. The number of benzene rings is 1. The van der Waals surface area contributed by atoms with E-state index in [2.05, 4.69) is 11.8 Å². The molecule has 1 heterocycles. The number of likely N-dealkylation sites (tertiary alicyclic amines) is 1. The lowest BCUT2D eigenvalue weighted by Gasteiger charge is -2.27. The number of rotatable bonds is 3. The Balaban J connectivity index is 2.29. The first-order valence-corrected chi connectivity index (χ1v) is 6.01. The molecule has 0 spiro atoms. The van der Waals surface area contributed by atoms with Gasteiger partial charge in [-0.15, -0.1) is 0 Å². The lowest BCUT2D eigenvalue weighted by Crippen LogP contribution is -2.33. The Hall–Kier alpha value is -1.00. The second kappa shape index (κ2) is 5.10. The quantitative estimate of drug-likeness (QED) is 0.878. The topological polar surface area (TPSA) is 29.3 Å². The fourth-order valence-electron chi connectivity index (χ4n) is 2.53. The molecule has 2 atom stereocenters. The molecular formula is C13H18F2N2. The van der Waals surface area contributed by atoms with Gasteiger partial charge in [-0.05, 0) is 31.0 Å². The summed E-state index contributed by atoms with van der Waals surface area (Å²) >= 11 is 0. The van der Waals surface area contributed by atoms with Gasteiger partial charge < -0.3 is 5.73 Å². The van der Waals surface area contributed by atoms with Gasteiger partial charge in [-0.1, -0.05) is 13.0 Å². The molecule has 1 saturated heterocycles. The van der Waals surface area contributed by atoms with Crippen LogP contribution in [0.3, 0.4) is 0 Å². The van der Waals surface area contributed by atoms with Crippen LogP contribution in [0, 0.1) is 17.6 Å². The molecule has 0 bridgehead atoms. The van der Waals surface area contributed by atoms with Gasteiger partial charge in [0, 0.05) is 18.7 Å².